The molecule has 144 valence electrons. The lowest BCUT2D eigenvalue weighted by Crippen LogP contribution is -2.32. The fraction of sp³-hybridized carbons (Fsp3) is 0.500. The van der Waals surface area contributed by atoms with Gasteiger partial charge in [0.2, 0.25) is 0 Å². The van der Waals surface area contributed by atoms with Crippen molar-refractivity contribution in [1.29, 1.82) is 0 Å². The van der Waals surface area contributed by atoms with Gasteiger partial charge in [-0.2, -0.15) is 0 Å². The molecule has 0 saturated heterocycles. The predicted octanol–water partition coefficient (Wildman–Crippen LogP) is 0.552. The van der Waals surface area contributed by atoms with E-state index in [-0.39, 0.29) is 18.5 Å². The lowest BCUT2D eigenvalue weighted by atomic mass is 10.2. The van der Waals surface area contributed by atoms with Crippen LogP contribution in [0, 0.1) is 0 Å². The van der Waals surface area contributed by atoms with Crippen molar-refractivity contribution in [3.8, 4) is 0 Å². The van der Waals surface area contributed by atoms with Crippen LogP contribution in [0.25, 0.3) is 22.1 Å². The van der Waals surface area contributed by atoms with Crippen molar-refractivity contribution >= 4 is 33.8 Å². The number of carbonyl (C=O) groups excluding carboxylic acids is 1. The van der Waals surface area contributed by atoms with Gasteiger partial charge < -0.3 is 29.6 Å². The van der Waals surface area contributed by atoms with E-state index in [1.807, 2.05) is 17.7 Å². The third-order valence-electron chi connectivity index (χ3n) is 5.18. The SMILES string of the molecule is CNc1nc2c(cc(C(=O)N(C)C3CC3)n2C[C@H](O)CO)c2c1ncn2C. The summed E-state index contributed by atoms with van der Waals surface area (Å²) in [5.41, 5.74) is 2.62. The number of aryl methyl sites for hydroxylation is 1. The predicted molar refractivity (Wildman–Crippen MR) is 102 cm³/mol. The van der Waals surface area contributed by atoms with Gasteiger partial charge in [0.25, 0.3) is 5.91 Å². The Kier molecular flexibility index (Phi) is 4.27. The number of amides is 1. The smallest absolute Gasteiger partial charge is 0.270 e. The maximum atomic E-state index is 13.1. The molecule has 3 N–H and O–H groups in total. The van der Waals surface area contributed by atoms with Crippen molar-refractivity contribution in [3.05, 3.63) is 18.1 Å². The Morgan fingerprint density at radius 1 is 1.48 bits per heavy atom. The zero-order valence-electron chi connectivity index (χ0n) is 15.7. The Labute approximate surface area is 156 Å². The van der Waals surface area contributed by atoms with E-state index in [2.05, 4.69) is 15.3 Å². The van der Waals surface area contributed by atoms with E-state index >= 15 is 0 Å². The molecule has 1 amide bonds. The molecule has 1 aliphatic carbocycles. The molecule has 9 heteroatoms. The second kappa shape index (κ2) is 6.50. The van der Waals surface area contributed by atoms with Crippen molar-refractivity contribution < 1.29 is 15.0 Å². The number of nitrogens with one attached hydrogen (secondary N) is 1. The number of carbonyl (C=O) groups is 1. The second-order valence-electron chi connectivity index (χ2n) is 7.12. The standard InChI is InChI=1S/C18H24N6O3/c1-19-16-14-15(22(2)9-20-14)12-6-13(18(27)23(3)10-4-5-10)24(17(12)21-16)7-11(26)8-25/h6,9-11,25-26H,4-5,7-8H2,1-3H3,(H,19,21)/t11-/m0/s1. The molecule has 0 spiro atoms. The molecule has 1 atom stereocenters. The van der Waals surface area contributed by atoms with Crippen LogP contribution in [-0.4, -0.2) is 73.0 Å². The van der Waals surface area contributed by atoms with Gasteiger partial charge in [0.15, 0.2) is 5.82 Å². The zero-order chi connectivity index (χ0) is 19.3. The first-order valence-electron chi connectivity index (χ1n) is 9.04. The maximum Gasteiger partial charge on any atom is 0.270 e. The van der Waals surface area contributed by atoms with Crippen LogP contribution in [0.2, 0.25) is 0 Å². The minimum atomic E-state index is -0.986. The van der Waals surface area contributed by atoms with Crippen molar-refractivity contribution in [3.63, 3.8) is 0 Å². The monoisotopic (exact) mass is 372 g/mol. The first kappa shape index (κ1) is 17.7. The largest absolute Gasteiger partial charge is 0.394 e. The molecule has 1 fully saturated rings. The third kappa shape index (κ3) is 2.83. The van der Waals surface area contributed by atoms with Crippen LogP contribution >= 0.6 is 0 Å². The summed E-state index contributed by atoms with van der Waals surface area (Å²) in [6.07, 6.45) is 2.75. The summed E-state index contributed by atoms with van der Waals surface area (Å²) in [7, 11) is 5.47. The number of aliphatic hydroxyl groups excluding tert-OH is 2. The molecule has 0 unspecified atom stereocenters. The molecule has 3 heterocycles. The number of rotatable bonds is 6. The number of hydrogen-bond acceptors (Lipinski definition) is 6. The molecule has 0 radical (unpaired) electrons. The molecule has 0 bridgehead atoms. The first-order valence-corrected chi connectivity index (χ1v) is 9.04. The molecular weight excluding hydrogens is 348 g/mol. The van der Waals surface area contributed by atoms with E-state index in [4.69, 9.17) is 0 Å². The van der Waals surface area contributed by atoms with Crippen LogP contribution < -0.4 is 5.32 Å². The number of pyridine rings is 1. The molecule has 4 rings (SSSR count). The van der Waals surface area contributed by atoms with Crippen LogP contribution in [0.1, 0.15) is 23.3 Å². The lowest BCUT2D eigenvalue weighted by Gasteiger charge is -2.19. The van der Waals surface area contributed by atoms with Crippen molar-refractivity contribution in [2.45, 2.75) is 31.5 Å². The molecule has 1 aliphatic rings. The van der Waals surface area contributed by atoms with Gasteiger partial charge in [0.05, 0.1) is 31.1 Å². The highest BCUT2D eigenvalue weighted by atomic mass is 16.3. The number of aromatic nitrogens is 4. The summed E-state index contributed by atoms with van der Waals surface area (Å²) in [4.78, 5) is 23.9. The fourth-order valence-corrected chi connectivity index (χ4v) is 3.53. The van der Waals surface area contributed by atoms with E-state index in [9.17, 15) is 15.0 Å². The highest BCUT2D eigenvalue weighted by Crippen LogP contribution is 2.32. The normalized spacial score (nSPS) is 15.4. The van der Waals surface area contributed by atoms with Gasteiger partial charge in [-0.1, -0.05) is 0 Å². The van der Waals surface area contributed by atoms with Crippen molar-refractivity contribution in [1.82, 2.24) is 24.0 Å². The zero-order valence-corrected chi connectivity index (χ0v) is 15.7. The maximum absolute atomic E-state index is 13.1. The van der Waals surface area contributed by atoms with Crippen molar-refractivity contribution in [2.75, 3.05) is 26.0 Å². The summed E-state index contributed by atoms with van der Waals surface area (Å²) in [6, 6.07) is 2.08. The summed E-state index contributed by atoms with van der Waals surface area (Å²) in [6.45, 7) is -0.308. The Morgan fingerprint density at radius 3 is 2.85 bits per heavy atom. The van der Waals surface area contributed by atoms with E-state index in [0.29, 0.717) is 17.2 Å². The minimum Gasteiger partial charge on any atom is -0.394 e. The Bertz CT molecular complexity index is 1020. The summed E-state index contributed by atoms with van der Waals surface area (Å²) < 4.78 is 3.59. The van der Waals surface area contributed by atoms with Crippen molar-refractivity contribution in [2.24, 2.45) is 7.05 Å². The van der Waals surface area contributed by atoms with E-state index < -0.39 is 12.7 Å². The summed E-state index contributed by atoms with van der Waals surface area (Å²) >= 11 is 0. The van der Waals surface area contributed by atoms with Crippen LogP contribution in [0.4, 0.5) is 5.82 Å². The Hall–Kier alpha value is -2.65. The Balaban J connectivity index is 1.98. The van der Waals surface area contributed by atoms with E-state index in [0.717, 1.165) is 29.3 Å². The Morgan fingerprint density at radius 2 is 2.22 bits per heavy atom. The molecule has 1 saturated carbocycles. The van der Waals surface area contributed by atoms with E-state index in [1.165, 1.54) is 0 Å². The van der Waals surface area contributed by atoms with Gasteiger partial charge in [-0.25, -0.2) is 9.97 Å². The van der Waals surface area contributed by atoms with Gasteiger partial charge in [0, 0.05) is 32.6 Å². The number of aliphatic hydroxyl groups is 2. The molecule has 3 aromatic rings. The van der Waals surface area contributed by atoms with Crippen LogP contribution in [-0.2, 0) is 13.6 Å². The number of hydrogen-bond donors (Lipinski definition) is 3. The molecule has 3 aromatic heterocycles. The minimum absolute atomic E-state index is 0.0824. The average Bonchev–Trinajstić information content (AvgIpc) is 3.37. The topological polar surface area (TPSA) is 108 Å². The van der Waals surface area contributed by atoms with Crippen LogP contribution in [0.5, 0.6) is 0 Å². The van der Waals surface area contributed by atoms with Gasteiger partial charge in [-0.05, 0) is 18.9 Å². The number of imidazole rings is 1. The number of nitrogens with zero attached hydrogens (tertiary/aromatic N) is 5. The van der Waals surface area contributed by atoms with Gasteiger partial charge in [0.1, 0.15) is 16.9 Å². The molecule has 9 nitrogen and oxygen atoms in total. The third-order valence-corrected chi connectivity index (χ3v) is 5.18. The average molecular weight is 372 g/mol. The number of anilines is 1. The number of fused-ring (bicyclic) bond motifs is 3. The molecular formula is C18H24N6O3. The molecule has 27 heavy (non-hydrogen) atoms. The summed E-state index contributed by atoms with van der Waals surface area (Å²) in [5, 5.41) is 23.2. The highest BCUT2D eigenvalue weighted by Gasteiger charge is 2.32. The highest BCUT2D eigenvalue weighted by molar-refractivity contribution is 6.09. The fourth-order valence-electron chi connectivity index (χ4n) is 3.53. The van der Waals surface area contributed by atoms with Gasteiger partial charge in [-0.3, -0.25) is 4.79 Å². The second-order valence-corrected chi connectivity index (χ2v) is 7.12. The molecule has 0 aliphatic heterocycles. The summed E-state index contributed by atoms with van der Waals surface area (Å²) in [5.74, 6) is 0.493. The van der Waals surface area contributed by atoms with Crippen LogP contribution in [0.3, 0.4) is 0 Å². The van der Waals surface area contributed by atoms with Gasteiger partial charge in [-0.15, -0.1) is 0 Å². The van der Waals surface area contributed by atoms with Gasteiger partial charge >= 0.3 is 0 Å². The van der Waals surface area contributed by atoms with Crippen LogP contribution in [0.15, 0.2) is 12.4 Å². The first-order chi connectivity index (χ1) is 13.0. The lowest BCUT2D eigenvalue weighted by molar-refractivity contribution is 0.0728. The van der Waals surface area contributed by atoms with E-state index in [1.54, 1.807) is 29.9 Å². The molecule has 0 aromatic carbocycles. The quantitative estimate of drug-likeness (QED) is 0.583.